The summed E-state index contributed by atoms with van der Waals surface area (Å²) < 4.78 is 11.9. The predicted molar refractivity (Wildman–Crippen MR) is 86.9 cm³/mol. The Morgan fingerprint density at radius 2 is 1.90 bits per heavy atom. The van der Waals surface area contributed by atoms with Crippen molar-refractivity contribution >= 4 is 0 Å². The standard InChI is InChI=1S/C18H29NO2/c1-4-20-16-11-9-10-15(14-16)17(19-3)18(21-5-2)12-7-6-8-13-18/h9-11,14,17,19H,4-8,12-13H2,1-3H3. The third-order valence-electron chi connectivity index (χ3n) is 4.45. The Bertz CT molecular complexity index is 421. The normalized spacial score (nSPS) is 19.2. The summed E-state index contributed by atoms with van der Waals surface area (Å²) in [7, 11) is 2.04. The van der Waals surface area contributed by atoms with E-state index in [0.717, 1.165) is 25.2 Å². The lowest BCUT2D eigenvalue weighted by atomic mass is 9.76. The highest BCUT2D eigenvalue weighted by Gasteiger charge is 2.40. The van der Waals surface area contributed by atoms with Crippen LogP contribution in [0.2, 0.25) is 0 Å². The topological polar surface area (TPSA) is 30.5 Å². The Kier molecular flexibility index (Phi) is 6.07. The monoisotopic (exact) mass is 291 g/mol. The fourth-order valence-corrected chi connectivity index (χ4v) is 3.64. The van der Waals surface area contributed by atoms with Crippen molar-refractivity contribution in [2.75, 3.05) is 20.3 Å². The van der Waals surface area contributed by atoms with Crippen molar-refractivity contribution in [1.29, 1.82) is 0 Å². The van der Waals surface area contributed by atoms with Gasteiger partial charge < -0.3 is 14.8 Å². The first-order valence-corrected chi connectivity index (χ1v) is 8.29. The van der Waals surface area contributed by atoms with E-state index in [1.807, 2.05) is 20.0 Å². The Balaban J connectivity index is 2.29. The predicted octanol–water partition coefficient (Wildman–Crippen LogP) is 4.09. The van der Waals surface area contributed by atoms with Gasteiger partial charge >= 0.3 is 0 Å². The Hall–Kier alpha value is -1.06. The quantitative estimate of drug-likeness (QED) is 0.821. The number of nitrogens with one attached hydrogen (secondary N) is 1. The van der Waals surface area contributed by atoms with Crippen LogP contribution in [0.5, 0.6) is 5.75 Å². The fourth-order valence-electron chi connectivity index (χ4n) is 3.64. The summed E-state index contributed by atoms with van der Waals surface area (Å²) in [6, 6.07) is 8.65. The van der Waals surface area contributed by atoms with Crippen molar-refractivity contribution in [2.24, 2.45) is 0 Å². The number of rotatable bonds is 7. The molecule has 1 N–H and O–H groups in total. The highest BCUT2D eigenvalue weighted by Crippen LogP contribution is 2.42. The molecule has 0 bridgehead atoms. The lowest BCUT2D eigenvalue weighted by molar-refractivity contribution is -0.0898. The lowest BCUT2D eigenvalue weighted by Crippen LogP contribution is -2.46. The SMILES string of the molecule is CCOc1cccc(C(NC)C2(OCC)CCCCC2)c1. The zero-order valence-corrected chi connectivity index (χ0v) is 13.7. The molecular formula is C18H29NO2. The minimum Gasteiger partial charge on any atom is -0.494 e. The van der Waals surface area contributed by atoms with Crippen LogP contribution in [0.4, 0.5) is 0 Å². The zero-order valence-electron chi connectivity index (χ0n) is 13.7. The van der Waals surface area contributed by atoms with Crippen LogP contribution in [0.25, 0.3) is 0 Å². The maximum Gasteiger partial charge on any atom is 0.119 e. The van der Waals surface area contributed by atoms with Gasteiger partial charge in [-0.25, -0.2) is 0 Å². The van der Waals surface area contributed by atoms with Gasteiger partial charge in [-0.2, -0.15) is 0 Å². The number of likely N-dealkylation sites (N-methyl/N-ethyl adjacent to an activating group) is 1. The van der Waals surface area contributed by atoms with E-state index in [9.17, 15) is 0 Å². The van der Waals surface area contributed by atoms with Gasteiger partial charge in [0.25, 0.3) is 0 Å². The molecule has 0 saturated heterocycles. The molecule has 1 unspecified atom stereocenters. The summed E-state index contributed by atoms with van der Waals surface area (Å²) in [5, 5.41) is 3.50. The molecule has 0 amide bonds. The average Bonchev–Trinajstić information content (AvgIpc) is 2.50. The molecule has 0 radical (unpaired) electrons. The molecule has 1 fully saturated rings. The van der Waals surface area contributed by atoms with Gasteiger partial charge in [0.05, 0.1) is 18.2 Å². The molecule has 2 rings (SSSR count). The van der Waals surface area contributed by atoms with E-state index < -0.39 is 0 Å². The molecule has 3 nitrogen and oxygen atoms in total. The largest absolute Gasteiger partial charge is 0.494 e. The fraction of sp³-hybridized carbons (Fsp3) is 0.667. The average molecular weight is 291 g/mol. The first kappa shape index (κ1) is 16.3. The van der Waals surface area contributed by atoms with Crippen molar-refractivity contribution in [3.05, 3.63) is 29.8 Å². The second-order valence-corrected chi connectivity index (χ2v) is 5.79. The van der Waals surface area contributed by atoms with Crippen LogP contribution < -0.4 is 10.1 Å². The van der Waals surface area contributed by atoms with Crippen LogP contribution in [0.1, 0.15) is 57.6 Å². The van der Waals surface area contributed by atoms with E-state index in [0.29, 0.717) is 6.61 Å². The molecule has 0 heterocycles. The van der Waals surface area contributed by atoms with Crippen molar-refractivity contribution < 1.29 is 9.47 Å². The number of ether oxygens (including phenoxy) is 2. The van der Waals surface area contributed by atoms with Gasteiger partial charge in [-0.05, 0) is 51.4 Å². The van der Waals surface area contributed by atoms with Crippen molar-refractivity contribution in [3.63, 3.8) is 0 Å². The summed E-state index contributed by atoms with van der Waals surface area (Å²) in [5.74, 6) is 0.942. The molecule has 3 heteroatoms. The van der Waals surface area contributed by atoms with Gasteiger partial charge in [-0.3, -0.25) is 0 Å². The number of hydrogen-bond acceptors (Lipinski definition) is 3. The Labute approximate surface area is 129 Å². The minimum atomic E-state index is -0.0768. The maximum atomic E-state index is 6.27. The summed E-state index contributed by atoms with van der Waals surface area (Å²) in [5.41, 5.74) is 1.19. The molecule has 1 atom stereocenters. The summed E-state index contributed by atoms with van der Waals surface area (Å²) in [6.07, 6.45) is 6.09. The minimum absolute atomic E-state index is 0.0768. The zero-order chi connectivity index (χ0) is 15.1. The molecule has 118 valence electrons. The highest BCUT2D eigenvalue weighted by atomic mass is 16.5. The molecule has 1 aromatic rings. The van der Waals surface area contributed by atoms with Crippen molar-refractivity contribution in [3.8, 4) is 5.75 Å². The van der Waals surface area contributed by atoms with Gasteiger partial charge in [-0.15, -0.1) is 0 Å². The molecule has 1 aromatic carbocycles. The number of benzene rings is 1. The molecule has 0 spiro atoms. The van der Waals surface area contributed by atoms with E-state index in [4.69, 9.17) is 9.47 Å². The second kappa shape index (κ2) is 7.81. The van der Waals surface area contributed by atoms with Gasteiger partial charge in [0, 0.05) is 6.61 Å². The van der Waals surface area contributed by atoms with Gasteiger partial charge in [0.1, 0.15) is 5.75 Å². The first-order valence-electron chi connectivity index (χ1n) is 8.29. The summed E-state index contributed by atoms with van der Waals surface area (Å²) in [6.45, 7) is 5.58. The Morgan fingerprint density at radius 1 is 1.14 bits per heavy atom. The van der Waals surface area contributed by atoms with E-state index in [1.165, 1.54) is 24.8 Å². The van der Waals surface area contributed by atoms with Gasteiger partial charge in [0.15, 0.2) is 0 Å². The van der Waals surface area contributed by atoms with Crippen molar-refractivity contribution in [2.45, 2.75) is 57.6 Å². The van der Waals surface area contributed by atoms with E-state index in [1.54, 1.807) is 0 Å². The maximum absolute atomic E-state index is 6.27. The molecule has 1 saturated carbocycles. The molecule has 0 aliphatic heterocycles. The number of hydrogen-bond donors (Lipinski definition) is 1. The van der Waals surface area contributed by atoms with Crippen LogP contribution in [0, 0.1) is 0 Å². The smallest absolute Gasteiger partial charge is 0.119 e. The van der Waals surface area contributed by atoms with Crippen LogP contribution >= 0.6 is 0 Å². The summed E-state index contributed by atoms with van der Waals surface area (Å²) >= 11 is 0. The van der Waals surface area contributed by atoms with Gasteiger partial charge in [-0.1, -0.05) is 31.4 Å². The molecular weight excluding hydrogens is 262 g/mol. The van der Waals surface area contributed by atoms with Crippen molar-refractivity contribution in [1.82, 2.24) is 5.32 Å². The molecule has 0 aromatic heterocycles. The molecule has 1 aliphatic carbocycles. The van der Waals surface area contributed by atoms with Crippen LogP contribution in [-0.4, -0.2) is 25.9 Å². The Morgan fingerprint density at radius 3 is 2.52 bits per heavy atom. The van der Waals surface area contributed by atoms with E-state index in [2.05, 4.69) is 30.4 Å². The molecule has 1 aliphatic rings. The van der Waals surface area contributed by atoms with E-state index in [-0.39, 0.29) is 11.6 Å². The van der Waals surface area contributed by atoms with Crippen LogP contribution in [-0.2, 0) is 4.74 Å². The first-order chi connectivity index (χ1) is 10.3. The third-order valence-corrected chi connectivity index (χ3v) is 4.45. The molecule has 21 heavy (non-hydrogen) atoms. The summed E-state index contributed by atoms with van der Waals surface area (Å²) in [4.78, 5) is 0. The van der Waals surface area contributed by atoms with Crippen LogP contribution in [0.15, 0.2) is 24.3 Å². The van der Waals surface area contributed by atoms with Crippen LogP contribution in [0.3, 0.4) is 0 Å². The highest BCUT2D eigenvalue weighted by molar-refractivity contribution is 5.32. The van der Waals surface area contributed by atoms with Gasteiger partial charge in [0.2, 0.25) is 0 Å². The second-order valence-electron chi connectivity index (χ2n) is 5.79. The van der Waals surface area contributed by atoms with E-state index >= 15 is 0 Å². The third kappa shape index (κ3) is 3.78. The lowest BCUT2D eigenvalue weighted by Gasteiger charge is -2.43.